The highest BCUT2D eigenvalue weighted by molar-refractivity contribution is 8.00. The molecule has 1 fully saturated rings. The van der Waals surface area contributed by atoms with E-state index in [-0.39, 0.29) is 22.2 Å². The number of nitrogen functional groups attached to an aromatic ring is 1. The highest BCUT2D eigenvalue weighted by atomic mass is 32.2. The van der Waals surface area contributed by atoms with Crippen molar-refractivity contribution in [2.75, 3.05) is 18.6 Å². The van der Waals surface area contributed by atoms with Gasteiger partial charge in [-0.3, -0.25) is 14.5 Å². The van der Waals surface area contributed by atoms with Crippen molar-refractivity contribution >= 4 is 67.9 Å². The van der Waals surface area contributed by atoms with E-state index in [1.54, 1.807) is 16.7 Å². The van der Waals surface area contributed by atoms with Gasteiger partial charge in [-0.05, 0) is 6.92 Å². The molecule has 2 aliphatic rings. The molecule has 12 nitrogen and oxygen atoms in total. The summed E-state index contributed by atoms with van der Waals surface area (Å²) in [5.74, 6) is -1.94. The number of amides is 2. The number of hydrogen-bond acceptors (Lipinski definition) is 10. The van der Waals surface area contributed by atoms with Crippen molar-refractivity contribution < 1.29 is 28.9 Å². The highest BCUT2D eigenvalue weighted by Gasteiger charge is 2.54. The fourth-order valence-electron chi connectivity index (χ4n) is 4.04. The monoisotopic (exact) mass is 534 g/mol. The molecule has 5 heterocycles. The Labute approximate surface area is 210 Å². The zero-order valence-electron chi connectivity index (χ0n) is 18.5. The van der Waals surface area contributed by atoms with E-state index < -0.39 is 29.2 Å². The Balaban J connectivity index is 1.35. The Kier molecular flexibility index (Phi) is 5.98. The predicted molar refractivity (Wildman–Crippen MR) is 130 cm³/mol. The van der Waals surface area contributed by atoms with Gasteiger partial charge in [0.1, 0.15) is 48.9 Å². The predicted octanol–water partition coefficient (Wildman–Crippen LogP) is 0.425. The van der Waals surface area contributed by atoms with Gasteiger partial charge in [0.15, 0.2) is 10.8 Å². The van der Waals surface area contributed by atoms with Crippen LogP contribution in [0.15, 0.2) is 40.5 Å². The molecular weight excluding hydrogens is 514 g/mol. The van der Waals surface area contributed by atoms with E-state index in [0.29, 0.717) is 17.9 Å². The number of fused-ring (bicyclic) bond motifs is 2. The zero-order valence-corrected chi connectivity index (χ0v) is 20.9. The first-order valence-corrected chi connectivity index (χ1v) is 13.0. The number of oxime groups is 1. The van der Waals surface area contributed by atoms with Gasteiger partial charge in [-0.1, -0.05) is 16.5 Å². The number of imidazole rings is 1. The van der Waals surface area contributed by atoms with Gasteiger partial charge < -0.3 is 21.0 Å². The molecule has 5 rings (SSSR count). The molecule has 0 aromatic carbocycles. The van der Waals surface area contributed by atoms with Crippen molar-refractivity contribution in [2.24, 2.45) is 5.16 Å². The van der Waals surface area contributed by atoms with E-state index in [2.05, 4.69) is 15.5 Å². The van der Waals surface area contributed by atoms with Crippen molar-refractivity contribution in [1.82, 2.24) is 19.6 Å². The van der Waals surface area contributed by atoms with E-state index in [4.69, 9.17) is 10.6 Å². The molecule has 182 valence electrons. The number of nitrogens with two attached hydrogens (primary N) is 1. The van der Waals surface area contributed by atoms with Gasteiger partial charge in [-0.25, -0.2) is 14.3 Å². The molecule has 1 saturated heterocycles. The lowest BCUT2D eigenvalue weighted by atomic mass is 10.0. The Morgan fingerprint density at radius 1 is 1.46 bits per heavy atom. The van der Waals surface area contributed by atoms with Crippen LogP contribution in [0.2, 0.25) is 0 Å². The lowest BCUT2D eigenvalue weighted by Gasteiger charge is -2.49. The minimum Gasteiger partial charge on any atom is -0.477 e. The van der Waals surface area contributed by atoms with Gasteiger partial charge >= 0.3 is 5.97 Å². The number of thiazole rings is 2. The first-order chi connectivity index (χ1) is 16.8. The summed E-state index contributed by atoms with van der Waals surface area (Å²) < 4.78 is 3.89. The van der Waals surface area contributed by atoms with E-state index >= 15 is 0 Å². The topological polar surface area (TPSA) is 156 Å². The first-order valence-electron chi connectivity index (χ1n) is 10.3. The number of thioether (sulfide) groups is 1. The number of β-lactam (4-membered cyclic amide) rings is 1. The van der Waals surface area contributed by atoms with Gasteiger partial charge in [0, 0.05) is 21.6 Å². The van der Waals surface area contributed by atoms with E-state index in [9.17, 15) is 19.5 Å². The van der Waals surface area contributed by atoms with Gasteiger partial charge in [-0.15, -0.1) is 23.1 Å². The van der Waals surface area contributed by atoms with Gasteiger partial charge in [0.25, 0.3) is 11.8 Å². The summed E-state index contributed by atoms with van der Waals surface area (Å²) in [4.78, 5) is 50.3. The summed E-state index contributed by atoms with van der Waals surface area (Å²) in [5.41, 5.74) is 6.33. The number of nitrogens with zero attached hydrogens (tertiary/aromatic N) is 5. The summed E-state index contributed by atoms with van der Waals surface area (Å²) in [6.07, 6.45) is 5.84. The first kappa shape index (κ1) is 23.3. The van der Waals surface area contributed by atoms with Crippen LogP contribution in [-0.2, 0) is 25.8 Å². The number of carboxylic acid groups (broad SMARTS) is 1. The molecule has 2 atom stereocenters. The maximum atomic E-state index is 13.0. The van der Waals surface area contributed by atoms with Crippen molar-refractivity contribution in [1.29, 1.82) is 0 Å². The number of rotatable bonds is 7. The molecule has 0 unspecified atom stereocenters. The Hall–Kier alpha value is -3.43. The largest absolute Gasteiger partial charge is 0.477 e. The molecule has 0 aliphatic carbocycles. The molecule has 3 aromatic rings. The Morgan fingerprint density at radius 2 is 2.26 bits per heavy atom. The lowest BCUT2D eigenvalue weighted by Crippen LogP contribution is -2.71. The fourth-order valence-corrected chi connectivity index (χ4v) is 6.81. The van der Waals surface area contributed by atoms with E-state index in [1.165, 1.54) is 28.6 Å². The van der Waals surface area contributed by atoms with Crippen LogP contribution in [0.25, 0.3) is 4.83 Å². The van der Waals surface area contributed by atoms with Crippen LogP contribution in [0.5, 0.6) is 0 Å². The molecule has 3 aromatic heterocycles. The maximum absolute atomic E-state index is 13.0. The molecular formula is C20H20N7O5S3+. The molecule has 35 heavy (non-hydrogen) atoms. The molecule has 0 bridgehead atoms. The number of aryl methyl sites for hydroxylation is 1. The number of carbonyl (C=O) groups excluding carboxylic acids is 2. The molecule has 0 saturated carbocycles. The van der Waals surface area contributed by atoms with Crippen molar-refractivity contribution in [3.8, 4) is 0 Å². The minimum absolute atomic E-state index is 0.0412. The number of hydrogen-bond donors (Lipinski definition) is 3. The summed E-state index contributed by atoms with van der Waals surface area (Å²) in [6, 6.07) is -0.906. The van der Waals surface area contributed by atoms with Crippen LogP contribution in [0, 0.1) is 6.92 Å². The third-order valence-corrected chi connectivity index (χ3v) is 8.43. The second-order valence-electron chi connectivity index (χ2n) is 7.82. The smallest absolute Gasteiger partial charge is 0.352 e. The number of carbonyl (C=O) groups is 3. The molecule has 15 heteroatoms. The average Bonchev–Trinajstić information content (AvgIpc) is 3.49. The SMILES string of the molecule is CO/N=C(\C(=O)N[C@@H]1C(=O)N2C(C(=O)O)=C(C[n+]3cc4sc(C)cn4c3)CS[C@H]12)c1csc(N)n1. The second-order valence-corrected chi connectivity index (χ2v) is 11.1. The minimum atomic E-state index is -1.18. The number of anilines is 1. The molecule has 4 N–H and O–H groups in total. The van der Waals surface area contributed by atoms with E-state index in [1.807, 2.05) is 34.6 Å². The second kappa shape index (κ2) is 8.98. The lowest BCUT2D eigenvalue weighted by molar-refractivity contribution is -0.687. The maximum Gasteiger partial charge on any atom is 0.352 e. The fraction of sp³-hybridized carbons (Fsp3) is 0.300. The van der Waals surface area contributed by atoms with Gasteiger partial charge in [-0.2, -0.15) is 4.40 Å². The normalized spacial score (nSPS) is 20.1. The number of aromatic nitrogens is 3. The summed E-state index contributed by atoms with van der Waals surface area (Å²) in [6.45, 7) is 2.36. The van der Waals surface area contributed by atoms with Crippen LogP contribution in [0.1, 0.15) is 10.6 Å². The molecule has 2 aliphatic heterocycles. The number of carboxylic acids is 1. The van der Waals surface area contributed by atoms with Crippen LogP contribution in [-0.4, -0.2) is 67.2 Å². The molecule has 0 radical (unpaired) electrons. The van der Waals surface area contributed by atoms with Crippen molar-refractivity contribution in [2.45, 2.75) is 24.9 Å². The van der Waals surface area contributed by atoms with Gasteiger partial charge in [0.05, 0.1) is 0 Å². The zero-order chi connectivity index (χ0) is 24.9. The van der Waals surface area contributed by atoms with Crippen LogP contribution < -0.4 is 15.6 Å². The van der Waals surface area contributed by atoms with Crippen molar-refractivity contribution in [3.05, 3.63) is 45.9 Å². The van der Waals surface area contributed by atoms with Gasteiger partial charge in [0.2, 0.25) is 11.2 Å². The van der Waals surface area contributed by atoms with E-state index in [0.717, 1.165) is 16.2 Å². The van der Waals surface area contributed by atoms with Crippen molar-refractivity contribution in [3.63, 3.8) is 0 Å². The average molecular weight is 535 g/mol. The standard InChI is InChI=1S/C20H19N7O5S3/c1-9-3-26-8-25(5-12(26)35-9)4-10-6-33-18-14(17(29)27(18)15(10)19(30)31)23-16(28)13(24-32-2)11-7-34-20(21)22-11/h3,5,7-8,14,18H,4,6H2,1-2H3,(H3-,21,22,23,28,30,31)/p+1/b24-13-/t14-,18-/m1/s1. The molecule has 2 amide bonds. The third-order valence-electron chi connectivity index (χ3n) is 5.46. The van der Waals surface area contributed by atoms with Crippen LogP contribution in [0.3, 0.4) is 0 Å². The van der Waals surface area contributed by atoms with Crippen LogP contribution >= 0.6 is 34.4 Å². The summed E-state index contributed by atoms with van der Waals surface area (Å²) >= 11 is 4.17. The Bertz CT molecular complexity index is 1390. The van der Waals surface area contributed by atoms with Crippen LogP contribution in [0.4, 0.5) is 5.13 Å². The number of nitrogens with one attached hydrogen (secondary N) is 1. The summed E-state index contributed by atoms with van der Waals surface area (Å²) in [7, 11) is 1.29. The summed E-state index contributed by atoms with van der Waals surface area (Å²) in [5, 5.41) is 17.6. The Morgan fingerprint density at radius 3 is 2.91 bits per heavy atom. The number of aliphatic carboxylic acids is 1. The highest BCUT2D eigenvalue weighted by Crippen LogP contribution is 2.40. The third kappa shape index (κ3) is 4.15. The molecule has 0 spiro atoms. The quantitative estimate of drug-likeness (QED) is 0.171.